The topological polar surface area (TPSA) is 15.7 Å². The smallest absolute Gasteiger partial charge is 0.119 e. The van der Waals surface area contributed by atoms with Gasteiger partial charge in [-0.15, -0.1) is 0 Å². The van der Waals surface area contributed by atoms with Crippen molar-refractivity contribution in [2.24, 2.45) is 0 Å². The molecule has 0 aliphatic carbocycles. The molecule has 1 aromatic carbocycles. The van der Waals surface area contributed by atoms with Gasteiger partial charge in [0, 0.05) is 38.8 Å². The Morgan fingerprint density at radius 2 is 1.95 bits per heavy atom. The zero-order valence-corrected chi connectivity index (χ0v) is 12.4. The molecule has 0 bridgehead atoms. The summed E-state index contributed by atoms with van der Waals surface area (Å²) in [6.45, 7) is 10.4. The van der Waals surface area contributed by atoms with Gasteiger partial charge in [0.1, 0.15) is 5.75 Å². The third-order valence-electron chi connectivity index (χ3n) is 4.16. The number of benzene rings is 1. The van der Waals surface area contributed by atoms with E-state index in [2.05, 4.69) is 41.8 Å². The number of ether oxygens (including phenoxy) is 1. The van der Waals surface area contributed by atoms with E-state index in [1.807, 2.05) is 6.07 Å². The van der Waals surface area contributed by atoms with Gasteiger partial charge in [0.05, 0.1) is 7.11 Å². The van der Waals surface area contributed by atoms with Crippen molar-refractivity contribution in [1.82, 2.24) is 9.80 Å². The van der Waals surface area contributed by atoms with Crippen molar-refractivity contribution >= 4 is 0 Å². The molecule has 1 heterocycles. The van der Waals surface area contributed by atoms with E-state index in [4.69, 9.17) is 4.74 Å². The van der Waals surface area contributed by atoms with Gasteiger partial charge in [-0.1, -0.05) is 19.1 Å². The highest BCUT2D eigenvalue weighted by atomic mass is 16.5. The molecule has 0 N–H and O–H groups in total. The molecular formula is C16H26N2O. The normalized spacial score (nSPS) is 19.3. The van der Waals surface area contributed by atoms with Crippen LogP contribution in [0.1, 0.15) is 25.8 Å². The molecule has 0 radical (unpaired) electrons. The van der Waals surface area contributed by atoms with Crippen molar-refractivity contribution in [3.63, 3.8) is 0 Å². The number of hydrogen-bond acceptors (Lipinski definition) is 3. The van der Waals surface area contributed by atoms with E-state index in [0.717, 1.165) is 18.3 Å². The van der Waals surface area contributed by atoms with E-state index in [1.165, 1.54) is 38.2 Å². The molecule has 2 rings (SSSR count). The SMILES string of the molecule is CCC(C)N1CCN(Cc2cccc(OC)c2)CC1. The Bertz CT molecular complexity index is 386. The average molecular weight is 262 g/mol. The van der Waals surface area contributed by atoms with E-state index < -0.39 is 0 Å². The molecule has 1 aromatic rings. The van der Waals surface area contributed by atoms with Crippen LogP contribution in [-0.2, 0) is 6.54 Å². The van der Waals surface area contributed by atoms with Crippen molar-refractivity contribution < 1.29 is 4.74 Å². The van der Waals surface area contributed by atoms with Crippen LogP contribution in [0, 0.1) is 0 Å². The lowest BCUT2D eigenvalue weighted by atomic mass is 10.1. The molecule has 1 aliphatic rings. The predicted octanol–water partition coefficient (Wildman–Crippen LogP) is 2.61. The van der Waals surface area contributed by atoms with Gasteiger partial charge >= 0.3 is 0 Å². The molecule has 1 aliphatic heterocycles. The molecule has 3 nitrogen and oxygen atoms in total. The summed E-state index contributed by atoms with van der Waals surface area (Å²) < 4.78 is 5.28. The van der Waals surface area contributed by atoms with Crippen LogP contribution in [0.15, 0.2) is 24.3 Å². The molecule has 1 fully saturated rings. The van der Waals surface area contributed by atoms with E-state index in [1.54, 1.807) is 7.11 Å². The fraction of sp³-hybridized carbons (Fsp3) is 0.625. The first kappa shape index (κ1) is 14.4. The van der Waals surface area contributed by atoms with Crippen LogP contribution < -0.4 is 4.74 Å². The standard InChI is InChI=1S/C16H26N2O/c1-4-14(2)18-10-8-17(9-11-18)13-15-6-5-7-16(12-15)19-3/h5-7,12,14H,4,8-11,13H2,1-3H3. The van der Waals surface area contributed by atoms with Crippen molar-refractivity contribution in [1.29, 1.82) is 0 Å². The fourth-order valence-corrected chi connectivity index (χ4v) is 2.65. The van der Waals surface area contributed by atoms with Crippen molar-refractivity contribution in [3.8, 4) is 5.75 Å². The summed E-state index contributed by atoms with van der Waals surface area (Å²) in [4.78, 5) is 5.13. The van der Waals surface area contributed by atoms with Gasteiger partial charge in [-0.3, -0.25) is 9.80 Å². The predicted molar refractivity (Wildman–Crippen MR) is 79.6 cm³/mol. The van der Waals surface area contributed by atoms with Crippen LogP contribution in [-0.4, -0.2) is 49.1 Å². The van der Waals surface area contributed by atoms with Gasteiger partial charge in [0.15, 0.2) is 0 Å². The van der Waals surface area contributed by atoms with Gasteiger partial charge in [-0.25, -0.2) is 0 Å². The molecular weight excluding hydrogens is 236 g/mol. The maximum atomic E-state index is 5.28. The average Bonchev–Trinajstić information content (AvgIpc) is 2.47. The zero-order chi connectivity index (χ0) is 13.7. The third kappa shape index (κ3) is 3.95. The second-order valence-electron chi connectivity index (χ2n) is 5.42. The monoisotopic (exact) mass is 262 g/mol. The Labute approximate surface area is 117 Å². The van der Waals surface area contributed by atoms with E-state index >= 15 is 0 Å². The number of methoxy groups -OCH3 is 1. The van der Waals surface area contributed by atoms with E-state index in [9.17, 15) is 0 Å². The first-order valence-electron chi connectivity index (χ1n) is 7.32. The summed E-state index contributed by atoms with van der Waals surface area (Å²) >= 11 is 0. The Balaban J connectivity index is 1.85. The Morgan fingerprint density at radius 1 is 1.21 bits per heavy atom. The minimum atomic E-state index is 0.721. The minimum Gasteiger partial charge on any atom is -0.497 e. The van der Waals surface area contributed by atoms with Crippen molar-refractivity contribution in [2.45, 2.75) is 32.9 Å². The largest absolute Gasteiger partial charge is 0.497 e. The first-order valence-corrected chi connectivity index (χ1v) is 7.32. The van der Waals surface area contributed by atoms with Crippen molar-refractivity contribution in [2.75, 3.05) is 33.3 Å². The van der Waals surface area contributed by atoms with Gasteiger partial charge in [-0.2, -0.15) is 0 Å². The van der Waals surface area contributed by atoms with Crippen molar-refractivity contribution in [3.05, 3.63) is 29.8 Å². The maximum Gasteiger partial charge on any atom is 0.119 e. The second kappa shape index (κ2) is 6.92. The molecule has 1 atom stereocenters. The fourth-order valence-electron chi connectivity index (χ4n) is 2.65. The zero-order valence-electron chi connectivity index (χ0n) is 12.4. The Hall–Kier alpha value is -1.06. The Kier molecular flexibility index (Phi) is 5.23. The molecule has 106 valence electrons. The molecule has 1 unspecified atom stereocenters. The van der Waals surface area contributed by atoms with E-state index in [-0.39, 0.29) is 0 Å². The van der Waals surface area contributed by atoms with Crippen LogP contribution in [0.5, 0.6) is 5.75 Å². The molecule has 0 saturated carbocycles. The van der Waals surface area contributed by atoms with Gasteiger partial charge in [0.25, 0.3) is 0 Å². The summed E-state index contributed by atoms with van der Waals surface area (Å²) in [7, 11) is 1.73. The van der Waals surface area contributed by atoms with Gasteiger partial charge in [0.2, 0.25) is 0 Å². The van der Waals surface area contributed by atoms with Crippen LogP contribution in [0.4, 0.5) is 0 Å². The second-order valence-corrected chi connectivity index (χ2v) is 5.42. The lowest BCUT2D eigenvalue weighted by Crippen LogP contribution is -2.48. The highest BCUT2D eigenvalue weighted by Gasteiger charge is 2.19. The molecule has 3 heteroatoms. The minimum absolute atomic E-state index is 0.721. The number of hydrogen-bond donors (Lipinski definition) is 0. The summed E-state index contributed by atoms with van der Waals surface area (Å²) in [6.07, 6.45) is 1.25. The quantitative estimate of drug-likeness (QED) is 0.811. The van der Waals surface area contributed by atoms with E-state index in [0.29, 0.717) is 0 Å². The summed E-state index contributed by atoms with van der Waals surface area (Å²) in [6, 6.07) is 9.12. The third-order valence-corrected chi connectivity index (χ3v) is 4.16. The van der Waals surface area contributed by atoms with Crippen LogP contribution in [0.25, 0.3) is 0 Å². The molecule has 1 saturated heterocycles. The summed E-state index contributed by atoms with van der Waals surface area (Å²) in [5.74, 6) is 0.954. The molecule has 0 aromatic heterocycles. The van der Waals surface area contributed by atoms with Gasteiger partial charge < -0.3 is 4.74 Å². The lowest BCUT2D eigenvalue weighted by molar-refractivity contribution is 0.0963. The van der Waals surface area contributed by atoms with Crippen LogP contribution in [0.3, 0.4) is 0 Å². The van der Waals surface area contributed by atoms with Crippen LogP contribution in [0.2, 0.25) is 0 Å². The summed E-state index contributed by atoms with van der Waals surface area (Å²) in [5.41, 5.74) is 1.34. The first-order chi connectivity index (χ1) is 9.22. The maximum absolute atomic E-state index is 5.28. The highest BCUT2D eigenvalue weighted by molar-refractivity contribution is 5.28. The molecule has 0 amide bonds. The highest BCUT2D eigenvalue weighted by Crippen LogP contribution is 2.16. The summed E-state index contributed by atoms with van der Waals surface area (Å²) in [5, 5.41) is 0. The number of piperazine rings is 1. The van der Waals surface area contributed by atoms with Crippen LogP contribution >= 0.6 is 0 Å². The Morgan fingerprint density at radius 3 is 2.58 bits per heavy atom. The number of nitrogens with zero attached hydrogens (tertiary/aromatic N) is 2. The van der Waals surface area contributed by atoms with Gasteiger partial charge in [-0.05, 0) is 31.0 Å². The molecule has 19 heavy (non-hydrogen) atoms. The molecule has 0 spiro atoms. The number of rotatable bonds is 5. The lowest BCUT2D eigenvalue weighted by Gasteiger charge is -2.37.